The number of benzene rings is 1. The minimum atomic E-state index is -0.282. The quantitative estimate of drug-likeness (QED) is 0.637. The monoisotopic (exact) mass is 297 g/mol. The van der Waals surface area contributed by atoms with Crippen LogP contribution in [0, 0.1) is 0 Å². The molecule has 0 spiro atoms. The highest BCUT2D eigenvalue weighted by molar-refractivity contribution is 5.93. The van der Waals surface area contributed by atoms with E-state index in [-0.39, 0.29) is 24.8 Å². The smallest absolute Gasteiger partial charge is 0.310 e. The van der Waals surface area contributed by atoms with Crippen molar-refractivity contribution in [3.63, 3.8) is 0 Å². The lowest BCUT2D eigenvalue weighted by Crippen LogP contribution is -3.00. The minimum absolute atomic E-state index is 0. The van der Waals surface area contributed by atoms with Crippen LogP contribution >= 0.6 is 0 Å². The van der Waals surface area contributed by atoms with Crippen molar-refractivity contribution in [1.82, 2.24) is 0 Å². The Balaban J connectivity index is 0.00000200. The fourth-order valence-electron chi connectivity index (χ4n) is 2.05. The Hall–Kier alpha value is -2.01. The Morgan fingerprint density at radius 2 is 1.85 bits per heavy atom. The van der Waals surface area contributed by atoms with Gasteiger partial charge in [-0.3, -0.25) is 4.79 Å². The van der Waals surface area contributed by atoms with Crippen molar-refractivity contribution in [2.45, 2.75) is 6.42 Å². The van der Waals surface area contributed by atoms with Gasteiger partial charge in [-0.15, -0.1) is 0 Å². The molecule has 0 amide bonds. The molecule has 1 aromatic heterocycles. The van der Waals surface area contributed by atoms with Crippen molar-refractivity contribution in [3.05, 3.63) is 30.1 Å². The van der Waals surface area contributed by atoms with Crippen LogP contribution in [0.15, 0.2) is 24.5 Å². The van der Waals surface area contributed by atoms with Crippen molar-refractivity contribution in [1.29, 1.82) is 0 Å². The van der Waals surface area contributed by atoms with Gasteiger partial charge < -0.3 is 26.6 Å². The molecule has 0 aliphatic carbocycles. The second kappa shape index (κ2) is 6.96. The van der Waals surface area contributed by atoms with Gasteiger partial charge in [0.1, 0.15) is 0 Å². The Morgan fingerprint density at radius 3 is 2.45 bits per heavy atom. The van der Waals surface area contributed by atoms with Crippen LogP contribution in [0.25, 0.3) is 10.8 Å². The molecule has 5 nitrogen and oxygen atoms in total. The summed E-state index contributed by atoms with van der Waals surface area (Å²) in [7, 11) is 4.55. The van der Waals surface area contributed by atoms with E-state index in [1.165, 1.54) is 7.11 Å². The molecule has 0 saturated heterocycles. The lowest BCUT2D eigenvalue weighted by Gasteiger charge is -2.10. The molecular weight excluding hydrogens is 282 g/mol. The summed E-state index contributed by atoms with van der Waals surface area (Å²) >= 11 is 0. The molecule has 0 bridgehead atoms. The molecule has 1 aromatic carbocycles. The Morgan fingerprint density at radius 1 is 1.10 bits per heavy atom. The van der Waals surface area contributed by atoms with Crippen LogP contribution in [-0.4, -0.2) is 27.3 Å². The third kappa shape index (κ3) is 2.93. The van der Waals surface area contributed by atoms with Crippen molar-refractivity contribution >= 4 is 16.7 Å². The molecule has 2 aromatic rings. The van der Waals surface area contributed by atoms with E-state index in [9.17, 15) is 4.79 Å². The van der Waals surface area contributed by atoms with Gasteiger partial charge in [0.25, 0.3) is 0 Å². The molecule has 6 heteroatoms. The number of carbonyl (C=O) groups is 1. The highest BCUT2D eigenvalue weighted by Crippen LogP contribution is 2.35. The van der Waals surface area contributed by atoms with Gasteiger partial charge in [-0.1, -0.05) is 0 Å². The predicted octanol–water partition coefficient (Wildman–Crippen LogP) is -1.61. The van der Waals surface area contributed by atoms with E-state index in [2.05, 4.69) is 4.98 Å². The summed E-state index contributed by atoms with van der Waals surface area (Å²) in [6, 6.07) is 3.73. The standard InChI is InChI=1S/C14H15NO4.ClH/c1-17-12-5-4-10-9(6-13(16)18-2)7-15-8-11(10)14(12)19-3;/h4-5,7-8H,6H2,1-3H3;1H. The predicted molar refractivity (Wildman–Crippen MR) is 69.3 cm³/mol. The van der Waals surface area contributed by atoms with Gasteiger partial charge in [-0.2, -0.15) is 0 Å². The Bertz CT molecular complexity index is 615. The lowest BCUT2D eigenvalue weighted by atomic mass is 10.0. The van der Waals surface area contributed by atoms with E-state index in [1.807, 2.05) is 18.3 Å². The summed E-state index contributed by atoms with van der Waals surface area (Å²) < 4.78 is 15.3. The molecule has 0 unspecified atom stereocenters. The molecule has 0 atom stereocenters. The van der Waals surface area contributed by atoms with Gasteiger partial charge in [0.15, 0.2) is 23.9 Å². The number of pyridine rings is 1. The molecule has 0 aliphatic rings. The molecule has 1 heterocycles. The number of aromatic nitrogens is 1. The summed E-state index contributed by atoms with van der Waals surface area (Å²) in [5.74, 6) is 1.01. The fourth-order valence-corrected chi connectivity index (χ4v) is 2.05. The number of rotatable bonds is 4. The zero-order valence-corrected chi connectivity index (χ0v) is 12.3. The number of nitrogens with one attached hydrogen (secondary N) is 1. The lowest BCUT2D eigenvalue weighted by molar-refractivity contribution is -0.376. The van der Waals surface area contributed by atoms with Crippen LogP contribution in [0.1, 0.15) is 5.56 Å². The van der Waals surface area contributed by atoms with Crippen LogP contribution in [-0.2, 0) is 16.0 Å². The minimum Gasteiger partial charge on any atom is -1.00 e. The summed E-state index contributed by atoms with van der Waals surface area (Å²) in [6.45, 7) is 0. The number of ether oxygens (including phenoxy) is 3. The van der Waals surface area contributed by atoms with Crippen molar-refractivity contribution < 1.29 is 36.4 Å². The number of carbonyl (C=O) groups excluding carboxylic acids is 1. The van der Waals surface area contributed by atoms with Crippen LogP contribution in [0.2, 0.25) is 0 Å². The van der Waals surface area contributed by atoms with Gasteiger partial charge in [0.2, 0.25) is 0 Å². The van der Waals surface area contributed by atoms with Crippen molar-refractivity contribution in [3.8, 4) is 11.5 Å². The number of hydrogen-bond acceptors (Lipinski definition) is 4. The SMILES string of the molecule is COC(=O)Cc1c[nH+]cc2c(OC)c(OC)ccc12.[Cl-]. The number of methoxy groups -OCH3 is 3. The number of aromatic amines is 1. The molecule has 108 valence electrons. The normalized spacial score (nSPS) is 9.75. The van der Waals surface area contributed by atoms with E-state index < -0.39 is 0 Å². The van der Waals surface area contributed by atoms with Crippen LogP contribution in [0.4, 0.5) is 0 Å². The topological polar surface area (TPSA) is 58.9 Å². The Kier molecular flexibility index (Phi) is 5.58. The molecule has 0 fully saturated rings. The second-order valence-electron chi connectivity index (χ2n) is 4.00. The molecule has 2 rings (SSSR count). The number of esters is 1. The van der Waals surface area contributed by atoms with Gasteiger partial charge >= 0.3 is 5.97 Å². The zero-order chi connectivity index (χ0) is 13.8. The maximum atomic E-state index is 11.4. The largest absolute Gasteiger partial charge is 1.00 e. The number of halogens is 1. The molecule has 20 heavy (non-hydrogen) atoms. The van der Waals surface area contributed by atoms with Crippen LogP contribution < -0.4 is 26.9 Å². The van der Waals surface area contributed by atoms with Crippen LogP contribution in [0.3, 0.4) is 0 Å². The molecular formula is C14H16ClNO4. The number of fused-ring (bicyclic) bond motifs is 1. The van der Waals surface area contributed by atoms with Gasteiger partial charge in [0, 0.05) is 10.9 Å². The number of H-pyrrole nitrogens is 1. The third-order valence-corrected chi connectivity index (χ3v) is 2.98. The van der Waals surface area contributed by atoms with Crippen molar-refractivity contribution in [2.75, 3.05) is 21.3 Å². The summed E-state index contributed by atoms with van der Waals surface area (Å²) in [6.07, 6.45) is 3.81. The highest BCUT2D eigenvalue weighted by atomic mass is 35.5. The second-order valence-corrected chi connectivity index (χ2v) is 4.00. The van der Waals surface area contributed by atoms with E-state index >= 15 is 0 Å². The maximum absolute atomic E-state index is 11.4. The van der Waals surface area contributed by atoms with Gasteiger partial charge in [-0.05, 0) is 12.1 Å². The maximum Gasteiger partial charge on any atom is 0.310 e. The third-order valence-electron chi connectivity index (χ3n) is 2.98. The highest BCUT2D eigenvalue weighted by Gasteiger charge is 2.16. The number of hydrogen-bond donors (Lipinski definition) is 0. The zero-order valence-electron chi connectivity index (χ0n) is 11.5. The van der Waals surface area contributed by atoms with E-state index in [1.54, 1.807) is 20.4 Å². The summed E-state index contributed by atoms with van der Waals surface area (Å²) in [5.41, 5.74) is 0.852. The first-order valence-electron chi connectivity index (χ1n) is 5.81. The first-order valence-corrected chi connectivity index (χ1v) is 5.81. The van der Waals surface area contributed by atoms with Gasteiger partial charge in [-0.25, -0.2) is 4.98 Å². The summed E-state index contributed by atoms with van der Waals surface area (Å²) in [4.78, 5) is 14.4. The summed E-state index contributed by atoms with van der Waals surface area (Å²) in [5, 5.41) is 1.80. The molecule has 0 radical (unpaired) electrons. The van der Waals surface area contributed by atoms with Crippen molar-refractivity contribution in [2.24, 2.45) is 0 Å². The van der Waals surface area contributed by atoms with E-state index in [4.69, 9.17) is 14.2 Å². The Labute approximate surface area is 123 Å². The average Bonchev–Trinajstić information content (AvgIpc) is 2.45. The van der Waals surface area contributed by atoms with E-state index in [0.717, 1.165) is 16.3 Å². The van der Waals surface area contributed by atoms with Crippen LogP contribution in [0.5, 0.6) is 11.5 Å². The van der Waals surface area contributed by atoms with E-state index in [0.29, 0.717) is 11.5 Å². The molecule has 1 N–H and O–H groups in total. The first-order chi connectivity index (χ1) is 9.21. The first kappa shape index (κ1) is 16.0. The molecule has 0 aliphatic heterocycles. The molecule has 0 saturated carbocycles. The average molecular weight is 298 g/mol. The van der Waals surface area contributed by atoms with Gasteiger partial charge in [0.05, 0.1) is 33.1 Å². The fraction of sp³-hybridized carbons (Fsp3) is 0.286.